The van der Waals surface area contributed by atoms with Crippen molar-refractivity contribution in [2.75, 3.05) is 0 Å². The van der Waals surface area contributed by atoms with Crippen LogP contribution in [0, 0.1) is 0 Å². The molecule has 2 aliphatic carbocycles. The first-order valence-corrected chi connectivity index (χ1v) is 14.2. The second-order valence-corrected chi connectivity index (χ2v) is 9.64. The Labute approximate surface area is 227 Å². The van der Waals surface area contributed by atoms with Gasteiger partial charge in [-0.05, 0) is 24.0 Å². The Bertz CT molecular complexity index is 606. The summed E-state index contributed by atoms with van der Waals surface area (Å²) in [4.78, 5) is 0. The van der Waals surface area contributed by atoms with E-state index in [4.69, 9.17) is 0 Å². The van der Waals surface area contributed by atoms with Crippen molar-refractivity contribution in [3.63, 3.8) is 0 Å². The van der Waals surface area contributed by atoms with Crippen molar-refractivity contribution < 1.29 is 27.3 Å². The summed E-state index contributed by atoms with van der Waals surface area (Å²) in [5.41, 5.74) is 1.76. The van der Waals surface area contributed by atoms with E-state index in [1.54, 1.807) is 0 Å². The van der Waals surface area contributed by atoms with Crippen molar-refractivity contribution in [2.45, 2.75) is 129 Å². The molecule has 0 aromatic carbocycles. The van der Waals surface area contributed by atoms with Crippen molar-refractivity contribution in [3.8, 4) is 0 Å². The van der Waals surface area contributed by atoms with E-state index in [9.17, 15) is 10.2 Å². The van der Waals surface area contributed by atoms with Gasteiger partial charge in [0.05, 0.1) is 0 Å². The van der Waals surface area contributed by atoms with Crippen LogP contribution in [-0.2, 0) is 17.1 Å². The zero-order chi connectivity index (χ0) is 24.7. The van der Waals surface area contributed by atoms with Crippen LogP contribution < -0.4 is 10.2 Å². The molecule has 0 heterocycles. The fourth-order valence-electron chi connectivity index (χ4n) is 4.25. The Balaban J connectivity index is 0.000000642. The quantitative estimate of drug-likeness (QED) is 0.103. The molecule has 0 radical (unpaired) electrons. The summed E-state index contributed by atoms with van der Waals surface area (Å²) in [6, 6.07) is 0. The van der Waals surface area contributed by atoms with E-state index in [1.165, 1.54) is 89.9 Å². The maximum atomic E-state index is 11.7. The summed E-state index contributed by atoms with van der Waals surface area (Å²) in [7, 11) is 0. The molecule has 0 unspecified atom stereocenters. The van der Waals surface area contributed by atoms with Gasteiger partial charge in [0.15, 0.2) is 0 Å². The van der Waals surface area contributed by atoms with Gasteiger partial charge in [-0.25, -0.2) is 0 Å². The molecule has 0 spiro atoms. The standard InChI is InChI=1S/2C16H26O.Fe/c2*1-2-3-4-5-6-7-8-9-14-16(17)15-12-10-11-13-15;/h2*10-13,17H,2-9,14H2,1H3;/q;;+2/p-2. The van der Waals surface area contributed by atoms with Crippen LogP contribution in [0.5, 0.6) is 0 Å². The first-order chi connectivity index (χ1) is 16.7. The summed E-state index contributed by atoms with van der Waals surface area (Å²) < 4.78 is 0. The van der Waals surface area contributed by atoms with Gasteiger partial charge in [0.25, 0.3) is 0 Å². The molecule has 0 aromatic rings. The van der Waals surface area contributed by atoms with Gasteiger partial charge in [-0.1, -0.05) is 165 Å². The van der Waals surface area contributed by atoms with Crippen LogP contribution in [0.2, 0.25) is 0 Å². The third-order valence-corrected chi connectivity index (χ3v) is 6.48. The predicted octanol–water partition coefficient (Wildman–Crippen LogP) is 8.51. The molecule has 2 nitrogen and oxygen atoms in total. The smallest absolute Gasteiger partial charge is 0.875 e. The van der Waals surface area contributed by atoms with Gasteiger partial charge >= 0.3 is 17.1 Å². The van der Waals surface area contributed by atoms with Gasteiger partial charge < -0.3 is 10.2 Å². The Kier molecular flexibility index (Phi) is 23.3. The normalized spacial score (nSPS) is 13.2. The van der Waals surface area contributed by atoms with Crippen LogP contribution in [0.4, 0.5) is 0 Å². The third-order valence-electron chi connectivity index (χ3n) is 6.48. The molecular formula is C32H50FeO2. The molecular weight excluding hydrogens is 472 g/mol. The van der Waals surface area contributed by atoms with E-state index in [1.807, 2.05) is 48.6 Å². The number of hydrogen-bond acceptors (Lipinski definition) is 2. The van der Waals surface area contributed by atoms with Crippen LogP contribution in [-0.4, -0.2) is 0 Å². The maximum Gasteiger partial charge on any atom is 2.00 e. The molecule has 0 bridgehead atoms. The minimum atomic E-state index is 0. The van der Waals surface area contributed by atoms with Crippen molar-refractivity contribution in [3.05, 3.63) is 71.3 Å². The molecule has 2 aliphatic rings. The van der Waals surface area contributed by atoms with Crippen molar-refractivity contribution >= 4 is 0 Å². The van der Waals surface area contributed by atoms with Gasteiger partial charge in [-0.2, -0.15) is 0 Å². The molecule has 2 rings (SSSR count). The van der Waals surface area contributed by atoms with Gasteiger partial charge in [0.2, 0.25) is 0 Å². The molecule has 198 valence electrons. The van der Waals surface area contributed by atoms with E-state index < -0.39 is 0 Å². The molecule has 3 heteroatoms. The van der Waals surface area contributed by atoms with Crippen molar-refractivity contribution in [1.82, 2.24) is 0 Å². The number of rotatable bonds is 18. The first-order valence-electron chi connectivity index (χ1n) is 14.2. The van der Waals surface area contributed by atoms with Crippen LogP contribution in [0.25, 0.3) is 0 Å². The van der Waals surface area contributed by atoms with Crippen LogP contribution in [0.15, 0.2) is 71.3 Å². The van der Waals surface area contributed by atoms with E-state index in [0.717, 1.165) is 36.8 Å². The molecule has 0 N–H and O–H groups in total. The third kappa shape index (κ3) is 18.5. The number of allylic oxidation sites excluding steroid dienone is 12. The number of unbranched alkanes of at least 4 members (excludes halogenated alkanes) is 14. The average Bonchev–Trinajstić information content (AvgIpc) is 3.57. The Morgan fingerprint density at radius 3 is 1.00 bits per heavy atom. The largest absolute Gasteiger partial charge is 2.00 e. The molecule has 0 fully saturated rings. The van der Waals surface area contributed by atoms with Crippen LogP contribution >= 0.6 is 0 Å². The minimum absolute atomic E-state index is 0. The van der Waals surface area contributed by atoms with E-state index >= 15 is 0 Å². The molecule has 0 amide bonds. The summed E-state index contributed by atoms with van der Waals surface area (Å²) in [6.07, 6.45) is 37.4. The van der Waals surface area contributed by atoms with Crippen molar-refractivity contribution in [1.29, 1.82) is 0 Å². The van der Waals surface area contributed by atoms with Gasteiger partial charge in [-0.15, -0.1) is 11.5 Å². The summed E-state index contributed by atoms with van der Waals surface area (Å²) in [5.74, 6) is 0.613. The van der Waals surface area contributed by atoms with E-state index in [2.05, 4.69) is 13.8 Å². The molecule has 0 aromatic heterocycles. The fourth-order valence-corrected chi connectivity index (χ4v) is 4.25. The number of hydrogen-bond donors (Lipinski definition) is 0. The van der Waals surface area contributed by atoms with Gasteiger partial charge in [-0.3, -0.25) is 0 Å². The zero-order valence-electron chi connectivity index (χ0n) is 22.5. The predicted molar refractivity (Wildman–Crippen MR) is 145 cm³/mol. The van der Waals surface area contributed by atoms with E-state index in [0.29, 0.717) is 11.5 Å². The zero-order valence-corrected chi connectivity index (χ0v) is 23.6. The van der Waals surface area contributed by atoms with Gasteiger partial charge in [0, 0.05) is 0 Å². The first kappa shape index (κ1) is 33.6. The Morgan fingerprint density at radius 1 is 0.457 bits per heavy atom. The molecule has 0 aliphatic heterocycles. The van der Waals surface area contributed by atoms with Crippen molar-refractivity contribution in [2.24, 2.45) is 0 Å². The second-order valence-electron chi connectivity index (χ2n) is 9.64. The summed E-state index contributed by atoms with van der Waals surface area (Å²) in [6.45, 7) is 4.49. The van der Waals surface area contributed by atoms with E-state index in [-0.39, 0.29) is 17.1 Å². The fraction of sp³-hybridized carbons (Fsp3) is 0.625. The van der Waals surface area contributed by atoms with Crippen LogP contribution in [0.1, 0.15) is 129 Å². The topological polar surface area (TPSA) is 46.1 Å². The molecule has 0 saturated carbocycles. The average molecular weight is 523 g/mol. The van der Waals surface area contributed by atoms with Crippen LogP contribution in [0.3, 0.4) is 0 Å². The summed E-state index contributed by atoms with van der Waals surface area (Å²) in [5, 5.41) is 23.4. The molecule has 0 atom stereocenters. The second kappa shape index (κ2) is 24.3. The summed E-state index contributed by atoms with van der Waals surface area (Å²) >= 11 is 0. The molecule has 0 saturated heterocycles. The van der Waals surface area contributed by atoms with Gasteiger partial charge in [0.1, 0.15) is 0 Å². The minimum Gasteiger partial charge on any atom is -0.875 e. The Morgan fingerprint density at radius 2 is 0.714 bits per heavy atom. The Hall–Kier alpha value is -1.44. The monoisotopic (exact) mass is 522 g/mol. The molecule has 35 heavy (non-hydrogen) atoms. The maximum absolute atomic E-state index is 11.7. The SMILES string of the molecule is CCCCCCCCCCC([O-])=C1C=CC=C1.CCCCCCCCCCC([O-])=C1C=CC=C1.[Fe+2].